The largest absolute Gasteiger partial charge is 0.417 e. The number of urea groups is 1. The molecule has 0 heterocycles. The van der Waals surface area contributed by atoms with Gasteiger partial charge in [0.15, 0.2) is 8.32 Å². The van der Waals surface area contributed by atoms with Crippen LogP contribution in [0.4, 0.5) is 4.79 Å². The average molecular weight is 486 g/mol. The van der Waals surface area contributed by atoms with E-state index in [4.69, 9.17) is 9.53 Å². The van der Waals surface area contributed by atoms with E-state index in [2.05, 4.69) is 49.8 Å². The van der Waals surface area contributed by atoms with E-state index in [1.165, 1.54) is 0 Å². The lowest BCUT2D eigenvalue weighted by Crippen LogP contribution is -2.41. The quantitative estimate of drug-likeness (QED) is 0.281. The number of carbonyl (C=O) groups excluding carboxylic acids is 2. The van der Waals surface area contributed by atoms with E-state index >= 15 is 0 Å². The highest BCUT2D eigenvalue weighted by Crippen LogP contribution is 2.36. The van der Waals surface area contributed by atoms with Gasteiger partial charge in [0.1, 0.15) is 0 Å². The van der Waals surface area contributed by atoms with E-state index in [0.717, 1.165) is 23.1 Å². The minimum atomic E-state index is -1.74. The van der Waals surface area contributed by atoms with Crippen LogP contribution >= 0.6 is 0 Å². The molecule has 34 heavy (non-hydrogen) atoms. The Bertz CT molecular complexity index is 923. The normalized spacial score (nSPS) is 11.7. The standard InChI is InChI=1S/C26H39N3O4Si/c1-26(2,3)34(4,5)33-16-6-15-27-25(32)29-18-21-9-7-20(8-10-21)17-28-24(31)23-13-11-22(19-30)12-14-23/h7-14,30H,6,15-19H2,1-5H3,(H,28,31)(H2,27,29,32). The zero-order valence-corrected chi connectivity index (χ0v) is 22.0. The second kappa shape index (κ2) is 12.7. The molecule has 0 unspecified atom stereocenters. The first-order valence-corrected chi connectivity index (χ1v) is 14.6. The van der Waals surface area contributed by atoms with Crippen LogP contribution in [0.15, 0.2) is 48.5 Å². The second-order valence-electron chi connectivity index (χ2n) is 9.93. The number of hydrogen-bond donors (Lipinski definition) is 4. The third kappa shape index (κ3) is 8.93. The molecule has 0 fully saturated rings. The summed E-state index contributed by atoms with van der Waals surface area (Å²) in [5.41, 5.74) is 3.27. The summed E-state index contributed by atoms with van der Waals surface area (Å²) in [6, 6.07) is 14.4. The highest BCUT2D eigenvalue weighted by molar-refractivity contribution is 6.74. The molecule has 186 valence electrons. The Kier molecular flexibility index (Phi) is 10.3. The summed E-state index contributed by atoms with van der Waals surface area (Å²) in [7, 11) is -1.74. The van der Waals surface area contributed by atoms with E-state index in [0.29, 0.717) is 31.8 Å². The molecule has 4 N–H and O–H groups in total. The number of benzene rings is 2. The van der Waals surface area contributed by atoms with Gasteiger partial charge in [0.25, 0.3) is 5.91 Å². The summed E-state index contributed by atoms with van der Waals surface area (Å²) in [6.45, 7) is 13.1. The van der Waals surface area contributed by atoms with Gasteiger partial charge in [-0.15, -0.1) is 0 Å². The molecule has 0 saturated heterocycles. The lowest BCUT2D eigenvalue weighted by Gasteiger charge is -2.36. The first-order valence-electron chi connectivity index (χ1n) is 11.7. The van der Waals surface area contributed by atoms with E-state index in [-0.39, 0.29) is 23.6 Å². The predicted molar refractivity (Wildman–Crippen MR) is 138 cm³/mol. The van der Waals surface area contributed by atoms with Crippen LogP contribution in [0.5, 0.6) is 0 Å². The summed E-state index contributed by atoms with van der Waals surface area (Å²) in [5.74, 6) is -0.165. The predicted octanol–water partition coefficient (Wildman–Crippen LogP) is 4.32. The number of aliphatic hydroxyl groups is 1. The maximum atomic E-state index is 12.2. The summed E-state index contributed by atoms with van der Waals surface area (Å²) < 4.78 is 6.12. The molecule has 0 aliphatic rings. The Labute approximate surface area is 204 Å². The first kappa shape index (κ1) is 27.6. The minimum absolute atomic E-state index is 0.0445. The molecule has 7 nitrogen and oxygen atoms in total. The van der Waals surface area contributed by atoms with E-state index < -0.39 is 8.32 Å². The van der Waals surface area contributed by atoms with Crippen LogP contribution in [0.1, 0.15) is 54.2 Å². The monoisotopic (exact) mass is 485 g/mol. The van der Waals surface area contributed by atoms with Crippen molar-refractivity contribution in [3.63, 3.8) is 0 Å². The average Bonchev–Trinajstić information content (AvgIpc) is 2.81. The minimum Gasteiger partial charge on any atom is -0.417 e. The Morgan fingerprint density at radius 1 is 0.853 bits per heavy atom. The number of nitrogens with one attached hydrogen (secondary N) is 3. The molecule has 0 aromatic heterocycles. The summed E-state index contributed by atoms with van der Waals surface area (Å²) in [5, 5.41) is 17.9. The van der Waals surface area contributed by atoms with Crippen LogP contribution in [0.25, 0.3) is 0 Å². The van der Waals surface area contributed by atoms with Gasteiger partial charge in [-0.25, -0.2) is 4.79 Å². The fourth-order valence-electron chi connectivity index (χ4n) is 2.88. The third-order valence-corrected chi connectivity index (χ3v) is 10.7. The molecule has 0 aliphatic heterocycles. The zero-order chi connectivity index (χ0) is 25.2. The van der Waals surface area contributed by atoms with Crippen molar-refractivity contribution in [3.8, 4) is 0 Å². The van der Waals surface area contributed by atoms with Crippen molar-refractivity contribution in [1.82, 2.24) is 16.0 Å². The summed E-state index contributed by atoms with van der Waals surface area (Å²) in [4.78, 5) is 24.3. The molecule has 2 aromatic rings. The van der Waals surface area contributed by atoms with Crippen molar-refractivity contribution in [2.75, 3.05) is 13.2 Å². The van der Waals surface area contributed by atoms with Gasteiger partial charge in [-0.05, 0) is 53.4 Å². The van der Waals surface area contributed by atoms with Gasteiger partial charge >= 0.3 is 6.03 Å². The molecule has 8 heteroatoms. The fourth-order valence-corrected chi connectivity index (χ4v) is 3.97. The highest BCUT2D eigenvalue weighted by atomic mass is 28.4. The van der Waals surface area contributed by atoms with Crippen LogP contribution in [0.2, 0.25) is 18.1 Å². The van der Waals surface area contributed by atoms with Crippen LogP contribution in [0, 0.1) is 0 Å². The van der Waals surface area contributed by atoms with Gasteiger partial charge in [0.05, 0.1) is 6.61 Å². The number of rotatable bonds is 11. The molecule has 0 aliphatic carbocycles. The van der Waals surface area contributed by atoms with Crippen molar-refractivity contribution >= 4 is 20.3 Å². The van der Waals surface area contributed by atoms with Crippen molar-refractivity contribution < 1.29 is 19.1 Å². The molecular weight excluding hydrogens is 446 g/mol. The Balaban J connectivity index is 1.65. The molecule has 0 saturated carbocycles. The SMILES string of the molecule is CC(C)(C)[Si](C)(C)OCCCNC(=O)NCc1ccc(CNC(=O)c2ccc(CO)cc2)cc1. The molecule has 0 radical (unpaired) electrons. The fraction of sp³-hybridized carbons (Fsp3) is 0.462. The van der Waals surface area contributed by atoms with Crippen LogP contribution in [-0.2, 0) is 24.1 Å². The molecule has 0 bridgehead atoms. The Morgan fingerprint density at radius 3 is 1.91 bits per heavy atom. The maximum Gasteiger partial charge on any atom is 0.315 e. The topological polar surface area (TPSA) is 99.7 Å². The number of hydrogen-bond acceptors (Lipinski definition) is 4. The summed E-state index contributed by atoms with van der Waals surface area (Å²) >= 11 is 0. The first-order chi connectivity index (χ1) is 16.0. The molecule has 3 amide bonds. The van der Waals surface area contributed by atoms with Crippen molar-refractivity contribution in [1.29, 1.82) is 0 Å². The number of amides is 3. The zero-order valence-electron chi connectivity index (χ0n) is 21.0. The lowest BCUT2D eigenvalue weighted by atomic mass is 10.1. The van der Waals surface area contributed by atoms with Gasteiger partial charge in [0, 0.05) is 31.8 Å². The van der Waals surface area contributed by atoms with E-state index in [9.17, 15) is 9.59 Å². The van der Waals surface area contributed by atoms with Crippen LogP contribution in [-0.4, -0.2) is 38.5 Å². The number of aliphatic hydroxyl groups excluding tert-OH is 1. The van der Waals surface area contributed by atoms with Crippen LogP contribution in [0.3, 0.4) is 0 Å². The molecule has 0 spiro atoms. The summed E-state index contributed by atoms with van der Waals surface area (Å²) in [6.07, 6.45) is 0.784. The van der Waals surface area contributed by atoms with E-state index in [1.54, 1.807) is 24.3 Å². The van der Waals surface area contributed by atoms with Gasteiger partial charge < -0.3 is 25.5 Å². The van der Waals surface area contributed by atoms with Gasteiger partial charge in [-0.2, -0.15) is 0 Å². The highest BCUT2D eigenvalue weighted by Gasteiger charge is 2.36. The van der Waals surface area contributed by atoms with Gasteiger partial charge in [-0.3, -0.25) is 4.79 Å². The third-order valence-electron chi connectivity index (χ3n) is 6.20. The smallest absolute Gasteiger partial charge is 0.315 e. The Morgan fingerprint density at radius 2 is 1.38 bits per heavy atom. The van der Waals surface area contributed by atoms with Gasteiger partial charge in [-0.1, -0.05) is 57.2 Å². The molecule has 2 aromatic carbocycles. The van der Waals surface area contributed by atoms with E-state index in [1.807, 2.05) is 24.3 Å². The molecule has 2 rings (SSSR count). The molecular formula is C26H39N3O4Si. The van der Waals surface area contributed by atoms with Crippen molar-refractivity contribution in [2.24, 2.45) is 0 Å². The number of carbonyl (C=O) groups is 2. The van der Waals surface area contributed by atoms with Crippen molar-refractivity contribution in [3.05, 3.63) is 70.8 Å². The lowest BCUT2D eigenvalue weighted by molar-refractivity contribution is 0.0950. The second-order valence-corrected chi connectivity index (χ2v) is 14.7. The maximum absolute atomic E-state index is 12.2. The van der Waals surface area contributed by atoms with Crippen molar-refractivity contribution in [2.45, 2.75) is 65.0 Å². The van der Waals surface area contributed by atoms with Gasteiger partial charge in [0.2, 0.25) is 0 Å². The molecule has 0 atom stereocenters. The Hall–Kier alpha value is -2.68. The van der Waals surface area contributed by atoms with Crippen LogP contribution < -0.4 is 16.0 Å².